The SMILES string of the molecule is O=C1CC(=O)Oc2ccc(c3ccccc23)C(=O)OC(=O)c2ccc(c3ccccc23)O1. The van der Waals surface area contributed by atoms with Crippen molar-refractivity contribution in [2.24, 2.45) is 0 Å². The fourth-order valence-electron chi connectivity index (χ4n) is 3.71. The van der Waals surface area contributed by atoms with Crippen LogP contribution in [0.3, 0.4) is 0 Å². The third kappa shape index (κ3) is 3.35. The quantitative estimate of drug-likeness (QED) is 0.236. The molecule has 4 aromatic carbocycles. The summed E-state index contributed by atoms with van der Waals surface area (Å²) in [5.41, 5.74) is 0.280. The Morgan fingerprint density at radius 2 is 0.875 bits per heavy atom. The molecule has 7 nitrogen and oxygen atoms in total. The van der Waals surface area contributed by atoms with Gasteiger partial charge in [0.05, 0.1) is 11.1 Å². The number of carbonyl (C=O) groups excluding carboxylic acids is 4. The molecular formula is C25H14O7. The maximum Gasteiger partial charge on any atom is 0.346 e. The zero-order chi connectivity index (χ0) is 22.2. The Morgan fingerprint density at radius 1 is 0.469 bits per heavy atom. The van der Waals surface area contributed by atoms with Crippen molar-refractivity contribution >= 4 is 45.4 Å². The molecule has 0 spiro atoms. The predicted octanol–water partition coefficient (Wildman–Crippen LogP) is 4.20. The molecule has 0 amide bonds. The van der Waals surface area contributed by atoms with Crippen LogP contribution in [0.5, 0.6) is 11.5 Å². The van der Waals surface area contributed by atoms with Crippen LogP contribution < -0.4 is 9.47 Å². The van der Waals surface area contributed by atoms with Crippen molar-refractivity contribution < 1.29 is 33.4 Å². The number of rotatable bonds is 0. The molecule has 1 aliphatic rings. The van der Waals surface area contributed by atoms with Gasteiger partial charge in [-0.1, -0.05) is 48.5 Å². The molecule has 1 aliphatic heterocycles. The predicted molar refractivity (Wildman–Crippen MR) is 114 cm³/mol. The minimum Gasteiger partial charge on any atom is -0.425 e. The van der Waals surface area contributed by atoms with Crippen LogP contribution in [-0.2, 0) is 14.3 Å². The van der Waals surface area contributed by atoms with Crippen molar-refractivity contribution in [1.29, 1.82) is 0 Å². The molecule has 0 saturated carbocycles. The molecule has 0 unspecified atom stereocenters. The molecule has 4 aromatic rings. The molecule has 0 atom stereocenters. The lowest BCUT2D eigenvalue weighted by atomic mass is 10.0. The number of hydrogen-bond donors (Lipinski definition) is 0. The molecule has 0 aromatic heterocycles. The standard InChI is InChI=1S/C25H14O7/c26-22-13-23(27)31-21-12-10-19(15-6-2-4-8-17(15)21)25(29)32-24(28)18-9-11-20(30-22)16-7-3-1-5-14(16)18/h1-12H,13H2. The third-order valence-electron chi connectivity index (χ3n) is 5.13. The highest BCUT2D eigenvalue weighted by Crippen LogP contribution is 2.32. The molecule has 5 rings (SSSR count). The molecular weight excluding hydrogens is 412 g/mol. The topological polar surface area (TPSA) is 96.0 Å². The summed E-state index contributed by atoms with van der Waals surface area (Å²) in [5.74, 6) is -2.95. The molecule has 0 aliphatic carbocycles. The van der Waals surface area contributed by atoms with Gasteiger partial charge in [0.15, 0.2) is 0 Å². The molecule has 0 saturated heterocycles. The van der Waals surface area contributed by atoms with Gasteiger partial charge in [0.2, 0.25) is 0 Å². The van der Waals surface area contributed by atoms with Crippen molar-refractivity contribution in [3.8, 4) is 11.5 Å². The second-order valence-corrected chi connectivity index (χ2v) is 7.12. The van der Waals surface area contributed by atoms with Gasteiger partial charge in [0, 0.05) is 10.8 Å². The minimum atomic E-state index is -0.837. The zero-order valence-corrected chi connectivity index (χ0v) is 16.5. The first-order chi connectivity index (χ1) is 15.5. The lowest BCUT2D eigenvalue weighted by Crippen LogP contribution is -2.19. The van der Waals surface area contributed by atoms with Crippen molar-refractivity contribution in [3.63, 3.8) is 0 Å². The maximum absolute atomic E-state index is 12.9. The summed E-state index contributed by atoms with van der Waals surface area (Å²) >= 11 is 0. The lowest BCUT2D eigenvalue weighted by molar-refractivity contribution is -0.144. The number of hydrogen-bond acceptors (Lipinski definition) is 7. The van der Waals surface area contributed by atoms with Crippen molar-refractivity contribution in [3.05, 3.63) is 83.9 Å². The molecule has 156 valence electrons. The van der Waals surface area contributed by atoms with Gasteiger partial charge >= 0.3 is 23.9 Å². The van der Waals surface area contributed by atoms with E-state index < -0.39 is 30.3 Å². The van der Waals surface area contributed by atoms with Crippen molar-refractivity contribution in [1.82, 2.24) is 0 Å². The summed E-state index contributed by atoms with van der Waals surface area (Å²) in [4.78, 5) is 50.5. The number of esters is 4. The van der Waals surface area contributed by atoms with Crippen LogP contribution in [-0.4, -0.2) is 23.9 Å². The molecule has 0 N–H and O–H groups in total. The van der Waals surface area contributed by atoms with E-state index in [4.69, 9.17) is 14.2 Å². The van der Waals surface area contributed by atoms with Gasteiger partial charge in [-0.25, -0.2) is 9.59 Å². The molecule has 0 fully saturated rings. The Labute approximate surface area is 181 Å². The fourth-order valence-corrected chi connectivity index (χ4v) is 3.71. The summed E-state index contributed by atoms with van der Waals surface area (Å²) in [7, 11) is 0. The summed E-state index contributed by atoms with van der Waals surface area (Å²) in [6, 6.07) is 19.1. The van der Waals surface area contributed by atoms with E-state index in [0.717, 1.165) is 0 Å². The van der Waals surface area contributed by atoms with E-state index in [2.05, 4.69) is 0 Å². The maximum atomic E-state index is 12.9. The van der Waals surface area contributed by atoms with E-state index in [1.807, 2.05) is 0 Å². The summed E-state index contributed by atoms with van der Waals surface area (Å²) in [6.45, 7) is 0. The number of cyclic esters (lactones) is 2. The van der Waals surface area contributed by atoms with Crippen LogP contribution in [0.1, 0.15) is 27.1 Å². The van der Waals surface area contributed by atoms with Crippen molar-refractivity contribution in [2.75, 3.05) is 0 Å². The van der Waals surface area contributed by atoms with E-state index in [1.54, 1.807) is 48.5 Å². The molecule has 4 bridgehead atoms. The van der Waals surface area contributed by atoms with E-state index >= 15 is 0 Å². The van der Waals surface area contributed by atoms with Crippen LogP contribution in [0.25, 0.3) is 21.5 Å². The molecule has 1 heterocycles. The number of benzene rings is 4. The average molecular weight is 426 g/mol. The van der Waals surface area contributed by atoms with Crippen LogP contribution >= 0.6 is 0 Å². The van der Waals surface area contributed by atoms with Gasteiger partial charge in [-0.3, -0.25) is 9.59 Å². The minimum absolute atomic E-state index is 0.140. The summed E-state index contributed by atoms with van der Waals surface area (Å²) in [6.07, 6.45) is -0.618. The zero-order valence-electron chi connectivity index (χ0n) is 16.5. The molecule has 7 heteroatoms. The van der Waals surface area contributed by atoms with E-state index in [9.17, 15) is 19.2 Å². The largest absolute Gasteiger partial charge is 0.425 e. The van der Waals surface area contributed by atoms with Crippen LogP contribution in [0.15, 0.2) is 72.8 Å². The van der Waals surface area contributed by atoms with E-state index in [0.29, 0.717) is 21.5 Å². The highest BCUT2D eigenvalue weighted by atomic mass is 16.6. The highest BCUT2D eigenvalue weighted by Gasteiger charge is 2.23. The first kappa shape index (κ1) is 19.4. The Kier molecular flexibility index (Phi) is 4.63. The molecule has 0 radical (unpaired) electrons. The van der Waals surface area contributed by atoms with Crippen LogP contribution in [0.2, 0.25) is 0 Å². The van der Waals surface area contributed by atoms with Gasteiger partial charge in [-0.05, 0) is 35.0 Å². The lowest BCUT2D eigenvalue weighted by Gasteiger charge is -2.14. The second kappa shape index (κ2) is 7.63. The van der Waals surface area contributed by atoms with E-state index in [-0.39, 0.29) is 22.6 Å². The second-order valence-electron chi connectivity index (χ2n) is 7.12. The summed E-state index contributed by atoms with van der Waals surface area (Å²) in [5, 5.41) is 1.78. The normalized spacial score (nSPS) is 14.5. The Hall–Kier alpha value is -4.52. The summed E-state index contributed by atoms with van der Waals surface area (Å²) < 4.78 is 15.9. The number of carbonyl (C=O) groups is 4. The number of ether oxygens (including phenoxy) is 3. The first-order valence-electron chi connectivity index (χ1n) is 9.72. The van der Waals surface area contributed by atoms with E-state index in [1.165, 1.54) is 24.3 Å². The van der Waals surface area contributed by atoms with Gasteiger partial charge in [0.25, 0.3) is 0 Å². The highest BCUT2D eigenvalue weighted by molar-refractivity contribution is 6.14. The average Bonchev–Trinajstić information content (AvgIpc) is 2.78. The molecule has 32 heavy (non-hydrogen) atoms. The Morgan fingerprint density at radius 3 is 1.31 bits per heavy atom. The van der Waals surface area contributed by atoms with Gasteiger partial charge in [-0.15, -0.1) is 0 Å². The third-order valence-corrected chi connectivity index (χ3v) is 5.13. The monoisotopic (exact) mass is 426 g/mol. The fraction of sp³-hybridized carbons (Fsp3) is 0.0400. The van der Waals surface area contributed by atoms with Crippen LogP contribution in [0.4, 0.5) is 0 Å². The van der Waals surface area contributed by atoms with Crippen molar-refractivity contribution in [2.45, 2.75) is 6.42 Å². The number of fused-ring (bicyclic) bond motifs is 12. The van der Waals surface area contributed by atoms with Gasteiger partial charge < -0.3 is 14.2 Å². The smallest absolute Gasteiger partial charge is 0.346 e. The van der Waals surface area contributed by atoms with Crippen LogP contribution in [0, 0.1) is 0 Å². The van der Waals surface area contributed by atoms with Gasteiger partial charge in [-0.2, -0.15) is 0 Å². The Balaban J connectivity index is 1.70. The first-order valence-corrected chi connectivity index (χ1v) is 9.72. The Bertz CT molecular complexity index is 1340. The van der Waals surface area contributed by atoms with Gasteiger partial charge in [0.1, 0.15) is 17.9 Å².